The van der Waals surface area contributed by atoms with Crippen molar-refractivity contribution in [3.8, 4) is 0 Å². The van der Waals surface area contributed by atoms with E-state index in [-0.39, 0.29) is 22.5 Å². The Morgan fingerprint density at radius 3 is 2.60 bits per heavy atom. The lowest BCUT2D eigenvalue weighted by molar-refractivity contribution is -0.385. The third-order valence-corrected chi connectivity index (χ3v) is 2.20. The molecule has 15 heavy (non-hydrogen) atoms. The average molecular weight is 231 g/mol. The van der Waals surface area contributed by atoms with Crippen LogP contribution in [0.2, 0.25) is 5.28 Å². The molecule has 1 rings (SSSR count). The molecule has 0 radical (unpaired) electrons. The molecule has 0 aliphatic carbocycles. The number of halogens is 1. The Labute approximate surface area is 92.0 Å². The zero-order chi connectivity index (χ0) is 11.6. The lowest BCUT2D eigenvalue weighted by Crippen LogP contribution is -2.19. The van der Waals surface area contributed by atoms with Crippen LogP contribution in [0.4, 0.5) is 11.5 Å². The highest BCUT2D eigenvalue weighted by molar-refractivity contribution is 6.28. The van der Waals surface area contributed by atoms with E-state index in [0.29, 0.717) is 6.54 Å². The molecule has 0 aliphatic rings. The van der Waals surface area contributed by atoms with E-state index >= 15 is 0 Å². The molecule has 0 spiro atoms. The smallest absolute Gasteiger partial charge is 0.332 e. The number of hydrogen-bond donors (Lipinski definition) is 0. The maximum absolute atomic E-state index is 10.8. The second kappa shape index (κ2) is 4.39. The van der Waals surface area contributed by atoms with Crippen LogP contribution < -0.4 is 4.90 Å². The van der Waals surface area contributed by atoms with Crippen molar-refractivity contribution in [3.05, 3.63) is 21.1 Å². The summed E-state index contributed by atoms with van der Waals surface area (Å²) in [7, 11) is 1.71. The predicted molar refractivity (Wildman–Crippen MR) is 57.4 cm³/mol. The third kappa shape index (κ3) is 2.33. The minimum atomic E-state index is -0.493. The van der Waals surface area contributed by atoms with Crippen LogP contribution in [0.15, 0.2) is 0 Å². The van der Waals surface area contributed by atoms with E-state index in [9.17, 15) is 10.1 Å². The van der Waals surface area contributed by atoms with E-state index in [0.717, 1.165) is 0 Å². The van der Waals surface area contributed by atoms with Gasteiger partial charge in [-0.2, -0.15) is 4.98 Å². The van der Waals surface area contributed by atoms with Crippen molar-refractivity contribution in [2.75, 3.05) is 18.5 Å². The number of aromatic nitrogens is 2. The van der Waals surface area contributed by atoms with Crippen LogP contribution >= 0.6 is 11.6 Å². The Bertz CT molecular complexity index is 396. The maximum Gasteiger partial charge on any atom is 0.332 e. The van der Waals surface area contributed by atoms with Gasteiger partial charge in [-0.1, -0.05) is 0 Å². The van der Waals surface area contributed by atoms with Gasteiger partial charge >= 0.3 is 5.69 Å². The largest absolute Gasteiger partial charge is 0.354 e. The molecule has 6 nitrogen and oxygen atoms in total. The van der Waals surface area contributed by atoms with Gasteiger partial charge < -0.3 is 4.90 Å². The molecule has 0 fully saturated rings. The van der Waals surface area contributed by atoms with Gasteiger partial charge in [0.2, 0.25) is 11.1 Å². The fourth-order valence-electron chi connectivity index (χ4n) is 1.15. The molecule has 1 heterocycles. The van der Waals surface area contributed by atoms with E-state index in [1.54, 1.807) is 18.9 Å². The number of nitrogens with zero attached hydrogens (tertiary/aromatic N) is 4. The first kappa shape index (κ1) is 11.6. The van der Waals surface area contributed by atoms with Gasteiger partial charge in [0.05, 0.1) is 4.92 Å². The second-order valence-electron chi connectivity index (χ2n) is 3.02. The molecular weight excluding hydrogens is 220 g/mol. The molecule has 1 aromatic heterocycles. The predicted octanol–water partition coefficient (Wildman–Crippen LogP) is 1.80. The average Bonchev–Trinajstić information content (AvgIpc) is 2.14. The Hall–Kier alpha value is -1.43. The first-order chi connectivity index (χ1) is 6.97. The summed E-state index contributed by atoms with van der Waals surface area (Å²) in [6, 6.07) is 0. The van der Waals surface area contributed by atoms with Crippen LogP contribution in [-0.4, -0.2) is 28.5 Å². The molecule has 0 unspecified atom stereocenters. The third-order valence-electron chi connectivity index (χ3n) is 2.03. The lowest BCUT2D eigenvalue weighted by atomic mass is 10.3. The van der Waals surface area contributed by atoms with Crippen LogP contribution in [0, 0.1) is 17.0 Å². The fourth-order valence-corrected chi connectivity index (χ4v) is 1.35. The number of hydrogen-bond acceptors (Lipinski definition) is 5. The molecule has 0 saturated heterocycles. The number of rotatable bonds is 3. The zero-order valence-electron chi connectivity index (χ0n) is 8.69. The van der Waals surface area contributed by atoms with Gasteiger partial charge in [0.15, 0.2) is 0 Å². The van der Waals surface area contributed by atoms with Crippen LogP contribution in [0.25, 0.3) is 0 Å². The summed E-state index contributed by atoms with van der Waals surface area (Å²) < 4.78 is 0. The van der Waals surface area contributed by atoms with Gasteiger partial charge in [0.25, 0.3) is 0 Å². The van der Waals surface area contributed by atoms with Crippen molar-refractivity contribution in [2.45, 2.75) is 13.8 Å². The zero-order valence-corrected chi connectivity index (χ0v) is 9.45. The number of anilines is 1. The van der Waals surface area contributed by atoms with Gasteiger partial charge in [-0.15, -0.1) is 0 Å². The van der Waals surface area contributed by atoms with E-state index in [2.05, 4.69) is 9.97 Å². The minimum Gasteiger partial charge on any atom is -0.354 e. The van der Waals surface area contributed by atoms with Crippen molar-refractivity contribution in [3.63, 3.8) is 0 Å². The number of aryl methyl sites for hydroxylation is 1. The van der Waals surface area contributed by atoms with E-state index < -0.39 is 4.92 Å². The highest BCUT2D eigenvalue weighted by Crippen LogP contribution is 2.28. The molecular formula is C8H11ClN4O2. The first-order valence-corrected chi connectivity index (χ1v) is 4.74. The van der Waals surface area contributed by atoms with E-state index in [1.165, 1.54) is 0 Å². The summed E-state index contributed by atoms with van der Waals surface area (Å²) in [5.41, 5.74) is 0.180. The van der Waals surface area contributed by atoms with Crippen molar-refractivity contribution in [1.82, 2.24) is 9.97 Å². The Morgan fingerprint density at radius 1 is 1.53 bits per heavy atom. The molecule has 0 aliphatic heterocycles. The van der Waals surface area contributed by atoms with Crippen molar-refractivity contribution in [2.24, 2.45) is 0 Å². The lowest BCUT2D eigenvalue weighted by Gasteiger charge is -2.15. The molecule has 1 aromatic rings. The summed E-state index contributed by atoms with van der Waals surface area (Å²) in [6.07, 6.45) is 0. The van der Waals surface area contributed by atoms with Crippen molar-refractivity contribution in [1.29, 1.82) is 0 Å². The Morgan fingerprint density at radius 2 is 2.13 bits per heavy atom. The van der Waals surface area contributed by atoms with Crippen molar-refractivity contribution < 1.29 is 4.92 Å². The molecule has 0 bridgehead atoms. The van der Waals surface area contributed by atoms with E-state index in [1.807, 2.05) is 6.92 Å². The molecule has 0 saturated carbocycles. The molecule has 82 valence electrons. The summed E-state index contributed by atoms with van der Waals surface area (Å²) >= 11 is 5.66. The minimum absolute atomic E-state index is 0.0217. The molecule has 7 heteroatoms. The van der Waals surface area contributed by atoms with E-state index in [4.69, 9.17) is 11.6 Å². The van der Waals surface area contributed by atoms with Gasteiger partial charge in [-0.25, -0.2) is 4.98 Å². The van der Waals surface area contributed by atoms with Gasteiger partial charge in [-0.3, -0.25) is 10.1 Å². The SMILES string of the molecule is CCN(C)c1nc(Cl)nc(C)c1[N+](=O)[O-]. The van der Waals surface area contributed by atoms with Crippen LogP contribution in [0.3, 0.4) is 0 Å². The monoisotopic (exact) mass is 230 g/mol. The standard InChI is InChI=1S/C8H11ClN4O2/c1-4-12(3)7-6(13(14)15)5(2)10-8(9)11-7/h4H2,1-3H3. The van der Waals surface area contributed by atoms with Crippen LogP contribution in [0.5, 0.6) is 0 Å². The highest BCUT2D eigenvalue weighted by Gasteiger charge is 2.23. The second-order valence-corrected chi connectivity index (χ2v) is 3.36. The maximum atomic E-state index is 10.8. The molecule has 0 amide bonds. The van der Waals surface area contributed by atoms with Gasteiger partial charge in [-0.05, 0) is 25.4 Å². The number of nitro groups is 1. The topological polar surface area (TPSA) is 72.2 Å². The van der Waals surface area contributed by atoms with Gasteiger partial charge in [0.1, 0.15) is 5.69 Å². The van der Waals surface area contributed by atoms with Crippen molar-refractivity contribution >= 4 is 23.1 Å². The van der Waals surface area contributed by atoms with Crippen LogP contribution in [-0.2, 0) is 0 Å². The fraction of sp³-hybridized carbons (Fsp3) is 0.500. The normalized spacial score (nSPS) is 10.1. The highest BCUT2D eigenvalue weighted by atomic mass is 35.5. The summed E-state index contributed by atoms with van der Waals surface area (Å²) in [6.45, 7) is 4.02. The Balaban J connectivity index is 3.39. The first-order valence-electron chi connectivity index (χ1n) is 4.37. The van der Waals surface area contributed by atoms with Gasteiger partial charge in [0, 0.05) is 13.6 Å². The summed E-state index contributed by atoms with van der Waals surface area (Å²) in [5, 5.41) is 10.9. The molecule has 0 atom stereocenters. The summed E-state index contributed by atoms with van der Waals surface area (Å²) in [4.78, 5) is 19.6. The summed E-state index contributed by atoms with van der Waals surface area (Å²) in [5.74, 6) is 0.250. The Kier molecular flexibility index (Phi) is 3.41. The molecule has 0 aromatic carbocycles. The van der Waals surface area contributed by atoms with Crippen LogP contribution in [0.1, 0.15) is 12.6 Å². The molecule has 0 N–H and O–H groups in total. The quantitative estimate of drug-likeness (QED) is 0.450.